The Labute approximate surface area is 193 Å². The number of rotatable bonds is 7. The molecule has 0 saturated carbocycles. The lowest BCUT2D eigenvalue weighted by Crippen LogP contribution is -2.47. The van der Waals surface area contributed by atoms with Crippen molar-refractivity contribution in [3.63, 3.8) is 0 Å². The number of nitrogens with one attached hydrogen (secondary N) is 2. The monoisotopic (exact) mass is 451 g/mol. The lowest BCUT2D eigenvalue weighted by Gasteiger charge is -2.25. The van der Waals surface area contributed by atoms with Crippen molar-refractivity contribution in [2.45, 2.75) is 37.8 Å². The van der Waals surface area contributed by atoms with Crippen LogP contribution in [0.1, 0.15) is 46.4 Å². The van der Waals surface area contributed by atoms with Gasteiger partial charge in [-0.25, -0.2) is 0 Å². The van der Waals surface area contributed by atoms with Crippen LogP contribution >= 0.6 is 0 Å². The highest BCUT2D eigenvalue weighted by Crippen LogP contribution is 2.22. The Morgan fingerprint density at radius 1 is 1.06 bits per heavy atom. The molecule has 0 bridgehead atoms. The predicted octanol–water partition coefficient (Wildman–Crippen LogP) is 2.85. The first kappa shape index (κ1) is 22.8. The van der Waals surface area contributed by atoms with E-state index < -0.39 is 6.04 Å². The standard InChI is InChI=1S/C25H29N3O5/c1-32-20-11-9-17(10-12-20)23(29)27-19-6-2-5-18(15-19)25(31)28-13-3-8-22(28)24(30)26-16-21-7-4-14-33-21/h2,5-6,9-12,15,21-22H,3-4,7-8,13-14,16H2,1H3,(H,26,30)(H,27,29). The fourth-order valence-corrected chi connectivity index (χ4v) is 4.26. The van der Waals surface area contributed by atoms with E-state index in [0.29, 0.717) is 42.1 Å². The van der Waals surface area contributed by atoms with E-state index in [4.69, 9.17) is 9.47 Å². The minimum absolute atomic E-state index is 0.0606. The summed E-state index contributed by atoms with van der Waals surface area (Å²) in [5, 5.41) is 5.77. The molecule has 2 aliphatic rings. The van der Waals surface area contributed by atoms with Crippen molar-refractivity contribution < 1.29 is 23.9 Å². The van der Waals surface area contributed by atoms with Crippen LogP contribution in [0, 0.1) is 0 Å². The molecular weight excluding hydrogens is 422 g/mol. The van der Waals surface area contributed by atoms with Crippen LogP contribution in [-0.2, 0) is 9.53 Å². The van der Waals surface area contributed by atoms with Crippen molar-refractivity contribution in [1.29, 1.82) is 0 Å². The van der Waals surface area contributed by atoms with Crippen LogP contribution in [-0.4, -0.2) is 61.6 Å². The molecule has 0 radical (unpaired) electrons. The number of hydrogen-bond donors (Lipinski definition) is 2. The largest absolute Gasteiger partial charge is 0.497 e. The van der Waals surface area contributed by atoms with Gasteiger partial charge in [0, 0.05) is 36.5 Å². The second kappa shape index (κ2) is 10.5. The lowest BCUT2D eigenvalue weighted by atomic mass is 10.1. The Kier molecular flexibility index (Phi) is 7.24. The fraction of sp³-hybridized carbons (Fsp3) is 0.400. The lowest BCUT2D eigenvalue weighted by molar-refractivity contribution is -0.125. The molecule has 2 heterocycles. The van der Waals surface area contributed by atoms with E-state index in [1.807, 2.05) is 0 Å². The fourth-order valence-electron chi connectivity index (χ4n) is 4.26. The van der Waals surface area contributed by atoms with Gasteiger partial charge in [0.05, 0.1) is 13.2 Å². The Hall–Kier alpha value is -3.39. The smallest absolute Gasteiger partial charge is 0.255 e. The van der Waals surface area contributed by atoms with Gasteiger partial charge >= 0.3 is 0 Å². The Morgan fingerprint density at radius 2 is 1.88 bits per heavy atom. The quantitative estimate of drug-likeness (QED) is 0.675. The first-order valence-corrected chi connectivity index (χ1v) is 11.3. The number of benzene rings is 2. The molecule has 2 aliphatic heterocycles. The summed E-state index contributed by atoms with van der Waals surface area (Å²) in [6.07, 6.45) is 3.43. The van der Waals surface area contributed by atoms with Gasteiger partial charge in [0.1, 0.15) is 11.8 Å². The molecule has 2 atom stereocenters. The maximum atomic E-state index is 13.2. The average molecular weight is 452 g/mol. The van der Waals surface area contributed by atoms with Gasteiger partial charge in [0.25, 0.3) is 11.8 Å². The normalized spacial score (nSPS) is 19.8. The van der Waals surface area contributed by atoms with Crippen LogP contribution in [0.3, 0.4) is 0 Å². The summed E-state index contributed by atoms with van der Waals surface area (Å²) in [6.45, 7) is 1.74. The van der Waals surface area contributed by atoms with Crippen molar-refractivity contribution in [1.82, 2.24) is 10.2 Å². The topological polar surface area (TPSA) is 97.0 Å². The van der Waals surface area contributed by atoms with E-state index in [-0.39, 0.29) is 23.8 Å². The molecule has 2 unspecified atom stereocenters. The second-order valence-electron chi connectivity index (χ2n) is 8.30. The number of ether oxygens (including phenoxy) is 2. The number of amides is 3. The molecule has 174 valence electrons. The van der Waals surface area contributed by atoms with Gasteiger partial charge in [-0.2, -0.15) is 0 Å². The molecule has 2 fully saturated rings. The van der Waals surface area contributed by atoms with Gasteiger partial charge in [-0.1, -0.05) is 6.07 Å². The molecule has 0 aliphatic carbocycles. The number of likely N-dealkylation sites (tertiary alicyclic amines) is 1. The van der Waals surface area contributed by atoms with Crippen LogP contribution in [0.5, 0.6) is 5.75 Å². The summed E-state index contributed by atoms with van der Waals surface area (Å²) >= 11 is 0. The number of nitrogens with zero attached hydrogens (tertiary/aromatic N) is 1. The summed E-state index contributed by atoms with van der Waals surface area (Å²) in [4.78, 5) is 40.1. The minimum Gasteiger partial charge on any atom is -0.497 e. The molecule has 2 aromatic rings. The zero-order valence-electron chi connectivity index (χ0n) is 18.7. The summed E-state index contributed by atoms with van der Waals surface area (Å²) in [6, 6.07) is 13.1. The van der Waals surface area contributed by atoms with Gasteiger partial charge in [-0.3, -0.25) is 14.4 Å². The highest BCUT2D eigenvalue weighted by molar-refractivity contribution is 6.05. The maximum Gasteiger partial charge on any atom is 0.255 e. The molecule has 2 aromatic carbocycles. The third-order valence-corrected chi connectivity index (χ3v) is 6.06. The minimum atomic E-state index is -0.489. The van der Waals surface area contributed by atoms with Crippen molar-refractivity contribution in [2.24, 2.45) is 0 Å². The third kappa shape index (κ3) is 5.51. The van der Waals surface area contributed by atoms with E-state index in [1.165, 1.54) is 0 Å². The van der Waals surface area contributed by atoms with Crippen LogP contribution in [0.25, 0.3) is 0 Å². The summed E-state index contributed by atoms with van der Waals surface area (Å²) in [5.41, 5.74) is 1.43. The maximum absolute atomic E-state index is 13.2. The number of hydrogen-bond acceptors (Lipinski definition) is 5. The molecule has 8 heteroatoms. The zero-order chi connectivity index (χ0) is 23.2. The molecule has 2 N–H and O–H groups in total. The third-order valence-electron chi connectivity index (χ3n) is 6.06. The summed E-state index contributed by atoms with van der Waals surface area (Å²) in [7, 11) is 1.57. The second-order valence-corrected chi connectivity index (χ2v) is 8.30. The molecular formula is C25H29N3O5. The number of carbonyl (C=O) groups is 3. The molecule has 0 spiro atoms. The highest BCUT2D eigenvalue weighted by atomic mass is 16.5. The van der Waals surface area contributed by atoms with Crippen LogP contribution in [0.15, 0.2) is 48.5 Å². The van der Waals surface area contributed by atoms with Gasteiger partial charge in [0.2, 0.25) is 5.91 Å². The Morgan fingerprint density at radius 3 is 2.61 bits per heavy atom. The molecule has 0 aromatic heterocycles. The van der Waals surface area contributed by atoms with Crippen LogP contribution in [0.4, 0.5) is 5.69 Å². The summed E-state index contributed by atoms with van der Waals surface area (Å²) < 4.78 is 10.7. The van der Waals surface area contributed by atoms with Gasteiger partial charge in [0.15, 0.2) is 0 Å². The zero-order valence-corrected chi connectivity index (χ0v) is 18.7. The first-order chi connectivity index (χ1) is 16.0. The van der Waals surface area contributed by atoms with Gasteiger partial charge < -0.3 is 25.0 Å². The molecule has 2 saturated heterocycles. The average Bonchev–Trinajstić information content (AvgIpc) is 3.54. The molecule has 4 rings (SSSR count). The number of methoxy groups -OCH3 is 1. The van der Waals surface area contributed by atoms with E-state index in [9.17, 15) is 14.4 Å². The van der Waals surface area contributed by atoms with E-state index >= 15 is 0 Å². The van der Waals surface area contributed by atoms with Crippen molar-refractivity contribution in [3.05, 3.63) is 59.7 Å². The van der Waals surface area contributed by atoms with Crippen molar-refractivity contribution >= 4 is 23.4 Å². The highest BCUT2D eigenvalue weighted by Gasteiger charge is 2.35. The Bertz CT molecular complexity index is 1000. The number of carbonyl (C=O) groups excluding carboxylic acids is 3. The first-order valence-electron chi connectivity index (χ1n) is 11.3. The van der Waals surface area contributed by atoms with E-state index in [0.717, 1.165) is 25.9 Å². The van der Waals surface area contributed by atoms with Crippen LogP contribution < -0.4 is 15.4 Å². The summed E-state index contributed by atoms with van der Waals surface area (Å²) in [5.74, 6) is 0.0274. The predicted molar refractivity (Wildman–Crippen MR) is 123 cm³/mol. The van der Waals surface area contributed by atoms with Gasteiger partial charge in [-0.05, 0) is 68.1 Å². The van der Waals surface area contributed by atoms with Crippen molar-refractivity contribution in [2.75, 3.05) is 32.1 Å². The number of anilines is 1. The Balaban J connectivity index is 1.39. The molecule has 33 heavy (non-hydrogen) atoms. The van der Waals surface area contributed by atoms with Crippen LogP contribution in [0.2, 0.25) is 0 Å². The van der Waals surface area contributed by atoms with Gasteiger partial charge in [-0.15, -0.1) is 0 Å². The molecule has 3 amide bonds. The SMILES string of the molecule is COc1ccc(C(=O)Nc2cccc(C(=O)N3CCCC3C(=O)NCC3CCCO3)c2)cc1. The van der Waals surface area contributed by atoms with Crippen molar-refractivity contribution in [3.8, 4) is 5.75 Å². The van der Waals surface area contributed by atoms with E-state index in [1.54, 1.807) is 60.5 Å². The van der Waals surface area contributed by atoms with E-state index in [2.05, 4.69) is 10.6 Å². The molecule has 8 nitrogen and oxygen atoms in total.